The van der Waals surface area contributed by atoms with E-state index in [0.29, 0.717) is 5.56 Å². The fourth-order valence-corrected chi connectivity index (χ4v) is 2.73. The summed E-state index contributed by atoms with van der Waals surface area (Å²) in [5.74, 6) is -1.56. The molecule has 0 spiro atoms. The van der Waals surface area contributed by atoms with E-state index < -0.39 is 24.0 Å². The Morgan fingerprint density at radius 1 is 1.13 bits per heavy atom. The number of esters is 1. The van der Waals surface area contributed by atoms with Crippen LogP contribution < -0.4 is 11.1 Å². The number of nitrogens with two attached hydrogens (primary N) is 1. The molecule has 1 atom stereocenters. The average molecular weight is 318 g/mol. The second-order valence-electron chi connectivity index (χ2n) is 6.11. The number of ether oxygens (including phenoxy) is 1. The van der Waals surface area contributed by atoms with Crippen molar-refractivity contribution in [3.8, 4) is 0 Å². The van der Waals surface area contributed by atoms with Gasteiger partial charge in [-0.15, -0.1) is 0 Å². The highest BCUT2D eigenvalue weighted by molar-refractivity contribution is 5.98. The number of fused-ring (bicyclic) bond motifs is 1. The number of hydrogen-bond acceptors (Lipinski definition) is 4. The Balaban J connectivity index is 2.12. The number of benzene rings is 1. The molecule has 6 heteroatoms. The molecule has 6 nitrogen and oxygen atoms in total. The Morgan fingerprint density at radius 3 is 2.39 bits per heavy atom. The second kappa shape index (κ2) is 7.26. The zero-order chi connectivity index (χ0) is 17.0. The predicted molar refractivity (Wildman–Crippen MR) is 84.9 cm³/mol. The highest BCUT2D eigenvalue weighted by atomic mass is 16.5. The lowest BCUT2D eigenvalue weighted by atomic mass is 9.90. The van der Waals surface area contributed by atoms with E-state index in [-0.39, 0.29) is 5.92 Å². The SMILES string of the molecule is CC(C)[C@H](OC(=O)c1ccc2c(c1)CCCC2)C(=O)NC(N)=O. The summed E-state index contributed by atoms with van der Waals surface area (Å²) in [6.07, 6.45) is 3.19. The van der Waals surface area contributed by atoms with Gasteiger partial charge < -0.3 is 10.5 Å². The fourth-order valence-electron chi connectivity index (χ4n) is 2.73. The van der Waals surface area contributed by atoms with Gasteiger partial charge in [-0.3, -0.25) is 10.1 Å². The molecule has 0 bridgehead atoms. The lowest BCUT2D eigenvalue weighted by Gasteiger charge is -2.21. The summed E-state index contributed by atoms with van der Waals surface area (Å²) < 4.78 is 5.29. The van der Waals surface area contributed by atoms with Crippen LogP contribution in [0.5, 0.6) is 0 Å². The maximum atomic E-state index is 12.3. The first-order valence-corrected chi connectivity index (χ1v) is 7.81. The Hall–Kier alpha value is -2.37. The molecular weight excluding hydrogens is 296 g/mol. The molecular formula is C17H22N2O4. The van der Waals surface area contributed by atoms with Crippen molar-refractivity contribution in [1.29, 1.82) is 0 Å². The monoisotopic (exact) mass is 318 g/mol. The van der Waals surface area contributed by atoms with E-state index in [1.54, 1.807) is 19.9 Å². The highest BCUT2D eigenvalue weighted by Crippen LogP contribution is 2.23. The summed E-state index contributed by atoms with van der Waals surface area (Å²) >= 11 is 0. The van der Waals surface area contributed by atoms with Crippen LogP contribution in [0.2, 0.25) is 0 Å². The number of amides is 3. The third-order valence-corrected chi connectivity index (χ3v) is 3.93. The zero-order valence-electron chi connectivity index (χ0n) is 13.4. The van der Waals surface area contributed by atoms with Crippen LogP contribution in [0.3, 0.4) is 0 Å². The number of aryl methyl sites for hydroxylation is 2. The molecule has 1 aromatic rings. The van der Waals surface area contributed by atoms with Gasteiger partial charge in [0.2, 0.25) is 0 Å². The van der Waals surface area contributed by atoms with Crippen LogP contribution in [-0.2, 0) is 22.4 Å². The maximum absolute atomic E-state index is 12.3. The van der Waals surface area contributed by atoms with E-state index in [4.69, 9.17) is 10.5 Å². The van der Waals surface area contributed by atoms with Crippen molar-refractivity contribution < 1.29 is 19.1 Å². The molecule has 0 fully saturated rings. The minimum atomic E-state index is -1.06. The summed E-state index contributed by atoms with van der Waals surface area (Å²) in [5.41, 5.74) is 7.78. The average Bonchev–Trinajstić information content (AvgIpc) is 2.50. The molecule has 2 rings (SSSR count). The third-order valence-electron chi connectivity index (χ3n) is 3.93. The van der Waals surface area contributed by atoms with E-state index in [9.17, 15) is 14.4 Å². The largest absolute Gasteiger partial charge is 0.448 e. The number of rotatable bonds is 4. The molecule has 0 saturated heterocycles. The fraction of sp³-hybridized carbons (Fsp3) is 0.471. The van der Waals surface area contributed by atoms with Crippen molar-refractivity contribution in [2.45, 2.75) is 45.6 Å². The van der Waals surface area contributed by atoms with Gasteiger partial charge in [0, 0.05) is 0 Å². The molecule has 3 N–H and O–H groups in total. The van der Waals surface area contributed by atoms with E-state index in [1.165, 1.54) is 12.0 Å². The van der Waals surface area contributed by atoms with Gasteiger partial charge in [-0.05, 0) is 54.9 Å². The standard InChI is InChI=1S/C17H22N2O4/c1-10(2)14(15(20)19-17(18)22)23-16(21)13-8-7-11-5-3-4-6-12(11)9-13/h7-10,14H,3-6H2,1-2H3,(H3,18,19,20,22)/t14-/m0/s1. The maximum Gasteiger partial charge on any atom is 0.338 e. The van der Waals surface area contributed by atoms with Crippen molar-refractivity contribution in [3.63, 3.8) is 0 Å². The number of urea groups is 1. The Morgan fingerprint density at radius 2 is 1.78 bits per heavy atom. The van der Waals surface area contributed by atoms with Gasteiger partial charge in [-0.25, -0.2) is 9.59 Å². The second-order valence-corrected chi connectivity index (χ2v) is 6.11. The molecule has 0 aliphatic heterocycles. The van der Waals surface area contributed by atoms with Crippen molar-refractivity contribution in [1.82, 2.24) is 5.32 Å². The van der Waals surface area contributed by atoms with E-state index in [0.717, 1.165) is 24.8 Å². The first-order valence-electron chi connectivity index (χ1n) is 7.81. The quantitative estimate of drug-likeness (QED) is 0.829. The predicted octanol–water partition coefficient (Wildman–Crippen LogP) is 1.94. The van der Waals surface area contributed by atoms with Gasteiger partial charge in [0.25, 0.3) is 5.91 Å². The lowest BCUT2D eigenvalue weighted by Crippen LogP contribution is -2.45. The number of primary amides is 1. The van der Waals surface area contributed by atoms with Gasteiger partial charge in [0.1, 0.15) is 0 Å². The van der Waals surface area contributed by atoms with Crippen molar-refractivity contribution in [3.05, 3.63) is 34.9 Å². The summed E-state index contributed by atoms with van der Waals surface area (Å²) in [6, 6.07) is 4.53. The summed E-state index contributed by atoms with van der Waals surface area (Å²) in [7, 11) is 0. The molecule has 23 heavy (non-hydrogen) atoms. The number of imide groups is 1. The molecule has 0 radical (unpaired) electrons. The van der Waals surface area contributed by atoms with Crippen molar-refractivity contribution >= 4 is 17.9 Å². The highest BCUT2D eigenvalue weighted by Gasteiger charge is 2.28. The van der Waals surface area contributed by atoms with Crippen molar-refractivity contribution in [2.24, 2.45) is 11.7 Å². The molecule has 1 aliphatic rings. The van der Waals surface area contributed by atoms with Crippen molar-refractivity contribution in [2.75, 3.05) is 0 Å². The number of carbonyl (C=O) groups is 3. The Labute approximate surface area is 135 Å². The molecule has 3 amide bonds. The topological polar surface area (TPSA) is 98.5 Å². The zero-order valence-corrected chi connectivity index (χ0v) is 13.4. The number of hydrogen-bond donors (Lipinski definition) is 2. The first-order chi connectivity index (χ1) is 10.9. The minimum absolute atomic E-state index is 0.282. The van der Waals surface area contributed by atoms with Crippen LogP contribution in [0, 0.1) is 5.92 Å². The summed E-state index contributed by atoms with van der Waals surface area (Å²) in [6.45, 7) is 3.46. The smallest absolute Gasteiger partial charge is 0.338 e. The van der Waals surface area contributed by atoms with Crippen LogP contribution >= 0.6 is 0 Å². The summed E-state index contributed by atoms with van der Waals surface area (Å²) in [5, 5.41) is 1.95. The van der Waals surface area contributed by atoms with Crippen LogP contribution in [0.1, 0.15) is 48.2 Å². The Kier molecular flexibility index (Phi) is 5.36. The molecule has 1 aliphatic carbocycles. The van der Waals surface area contributed by atoms with Gasteiger partial charge in [0.15, 0.2) is 6.10 Å². The van der Waals surface area contributed by atoms with Gasteiger partial charge in [-0.1, -0.05) is 19.9 Å². The van der Waals surface area contributed by atoms with E-state index in [2.05, 4.69) is 0 Å². The molecule has 0 aromatic heterocycles. The van der Waals surface area contributed by atoms with E-state index in [1.807, 2.05) is 17.4 Å². The Bertz CT molecular complexity index is 625. The third kappa shape index (κ3) is 4.31. The van der Waals surface area contributed by atoms with Gasteiger partial charge in [-0.2, -0.15) is 0 Å². The molecule has 1 aromatic carbocycles. The van der Waals surface area contributed by atoms with E-state index >= 15 is 0 Å². The van der Waals surface area contributed by atoms with Crippen LogP contribution in [0.4, 0.5) is 4.79 Å². The van der Waals surface area contributed by atoms with Crippen LogP contribution in [0.25, 0.3) is 0 Å². The molecule has 0 unspecified atom stereocenters. The summed E-state index contributed by atoms with van der Waals surface area (Å²) in [4.78, 5) is 35.0. The van der Waals surface area contributed by atoms with Crippen LogP contribution in [0.15, 0.2) is 18.2 Å². The number of carbonyl (C=O) groups excluding carboxylic acids is 3. The first kappa shape index (κ1) is 17.0. The normalized spacial score (nSPS) is 14.7. The van der Waals surface area contributed by atoms with Gasteiger partial charge >= 0.3 is 12.0 Å². The van der Waals surface area contributed by atoms with Gasteiger partial charge in [0.05, 0.1) is 5.56 Å². The van der Waals surface area contributed by atoms with Crippen LogP contribution in [-0.4, -0.2) is 24.0 Å². The lowest BCUT2D eigenvalue weighted by molar-refractivity contribution is -0.130. The molecule has 124 valence electrons. The molecule has 0 saturated carbocycles. The molecule has 0 heterocycles. The number of nitrogens with one attached hydrogen (secondary N) is 1. The minimum Gasteiger partial charge on any atom is -0.448 e.